The van der Waals surface area contributed by atoms with Crippen LogP contribution in [0.25, 0.3) is 0 Å². The van der Waals surface area contributed by atoms with Crippen molar-refractivity contribution in [3.63, 3.8) is 0 Å². The highest BCUT2D eigenvalue weighted by molar-refractivity contribution is 5.45. The summed E-state index contributed by atoms with van der Waals surface area (Å²) in [6, 6.07) is 2.69. The molecule has 2 aromatic heterocycles. The first-order valence-electron chi connectivity index (χ1n) is 9.47. The van der Waals surface area contributed by atoms with Crippen LogP contribution >= 0.6 is 0 Å². The zero-order valence-corrected chi connectivity index (χ0v) is 15.1. The highest BCUT2D eigenvalue weighted by atomic mass is 16.5. The Balaban J connectivity index is 1.16. The Morgan fingerprint density at radius 3 is 2.96 bits per heavy atom. The minimum absolute atomic E-state index is 0.263. The van der Waals surface area contributed by atoms with Gasteiger partial charge in [0.25, 0.3) is 0 Å². The van der Waals surface area contributed by atoms with Crippen molar-refractivity contribution in [3.8, 4) is 0 Å². The van der Waals surface area contributed by atoms with Gasteiger partial charge in [-0.2, -0.15) is 5.10 Å². The number of fused-ring (bicyclic) bond motifs is 1. The Morgan fingerprint density at radius 2 is 2.12 bits per heavy atom. The molecule has 1 aliphatic carbocycles. The van der Waals surface area contributed by atoms with E-state index in [1.54, 1.807) is 0 Å². The molecule has 138 valence electrons. The molecule has 0 aromatic carbocycles. The molecule has 4 heterocycles. The van der Waals surface area contributed by atoms with E-state index in [9.17, 15) is 0 Å². The van der Waals surface area contributed by atoms with Gasteiger partial charge in [-0.3, -0.25) is 4.90 Å². The monoisotopic (exact) mass is 356 g/mol. The summed E-state index contributed by atoms with van der Waals surface area (Å²) < 4.78 is 11.2. The van der Waals surface area contributed by atoms with Gasteiger partial charge in [-0.25, -0.2) is 0 Å². The fourth-order valence-corrected chi connectivity index (χ4v) is 3.96. The van der Waals surface area contributed by atoms with Gasteiger partial charge in [-0.05, 0) is 44.4 Å². The van der Waals surface area contributed by atoms with E-state index >= 15 is 0 Å². The van der Waals surface area contributed by atoms with Crippen LogP contribution in [-0.4, -0.2) is 64.7 Å². The molecular formula is C18H24N6O2. The summed E-state index contributed by atoms with van der Waals surface area (Å²) in [4.78, 5) is 4.57. The fourth-order valence-electron chi connectivity index (χ4n) is 3.96. The second kappa shape index (κ2) is 6.59. The molecule has 2 aliphatic heterocycles. The third kappa shape index (κ3) is 2.97. The van der Waals surface area contributed by atoms with E-state index in [0.717, 1.165) is 50.7 Å². The predicted molar refractivity (Wildman–Crippen MR) is 94.0 cm³/mol. The summed E-state index contributed by atoms with van der Waals surface area (Å²) in [5, 5.41) is 17.2. The topological polar surface area (TPSA) is 80.4 Å². The highest BCUT2D eigenvalue weighted by Gasteiger charge is 2.33. The molecule has 0 bridgehead atoms. The first-order chi connectivity index (χ1) is 12.8. The summed E-state index contributed by atoms with van der Waals surface area (Å²) in [5.41, 5.74) is 2.56. The summed E-state index contributed by atoms with van der Waals surface area (Å²) in [6.45, 7) is 4.07. The maximum Gasteiger partial charge on any atom is 0.230 e. The number of hydrogen-bond donors (Lipinski definition) is 0. The molecule has 3 aliphatic rings. The molecule has 0 spiro atoms. The Kier molecular flexibility index (Phi) is 4.09. The van der Waals surface area contributed by atoms with Gasteiger partial charge in [-0.15, -0.1) is 15.3 Å². The molecule has 8 nitrogen and oxygen atoms in total. The summed E-state index contributed by atoms with van der Waals surface area (Å²) in [6.07, 6.45) is 4.39. The van der Waals surface area contributed by atoms with E-state index in [1.165, 1.54) is 17.7 Å². The maximum absolute atomic E-state index is 5.84. The smallest absolute Gasteiger partial charge is 0.230 e. The standard InChI is InChI=1S/C18H24N6O2/c1-23(10-17-21-22-18(26-17)13-5-6-25-11-13)14-8-24(9-14)16-7-12-3-2-4-15(12)19-20-16/h7,13-14H,2-6,8-11H2,1H3. The van der Waals surface area contributed by atoms with E-state index in [4.69, 9.17) is 9.15 Å². The van der Waals surface area contributed by atoms with Crippen molar-refractivity contribution in [1.29, 1.82) is 0 Å². The highest BCUT2D eigenvalue weighted by Crippen LogP contribution is 2.27. The van der Waals surface area contributed by atoms with Gasteiger partial charge in [0, 0.05) is 25.7 Å². The number of anilines is 1. The number of ether oxygens (including phenoxy) is 1. The molecule has 0 N–H and O–H groups in total. The third-order valence-electron chi connectivity index (χ3n) is 5.76. The normalized spacial score (nSPS) is 22.8. The molecule has 1 atom stereocenters. The third-order valence-corrected chi connectivity index (χ3v) is 5.76. The van der Waals surface area contributed by atoms with Crippen molar-refractivity contribution in [2.24, 2.45) is 0 Å². The van der Waals surface area contributed by atoms with E-state index in [-0.39, 0.29) is 5.92 Å². The Labute approximate surface area is 152 Å². The molecule has 2 saturated heterocycles. The largest absolute Gasteiger partial charge is 0.423 e. The second-order valence-electron chi connectivity index (χ2n) is 7.60. The van der Waals surface area contributed by atoms with Gasteiger partial charge in [0.15, 0.2) is 5.82 Å². The zero-order chi connectivity index (χ0) is 17.5. The first kappa shape index (κ1) is 16.1. The van der Waals surface area contributed by atoms with Gasteiger partial charge in [0.1, 0.15) is 0 Å². The summed E-state index contributed by atoms with van der Waals surface area (Å²) in [5.74, 6) is 2.68. The number of aryl methyl sites for hydroxylation is 2. The number of nitrogens with zero attached hydrogens (tertiary/aromatic N) is 6. The number of aromatic nitrogens is 4. The minimum atomic E-state index is 0.263. The molecule has 0 saturated carbocycles. The van der Waals surface area contributed by atoms with Gasteiger partial charge in [0.2, 0.25) is 11.8 Å². The molecule has 5 rings (SSSR count). The number of rotatable bonds is 5. The molecule has 2 fully saturated rings. The van der Waals surface area contributed by atoms with Crippen LogP contribution in [0.15, 0.2) is 10.5 Å². The molecule has 26 heavy (non-hydrogen) atoms. The lowest BCUT2D eigenvalue weighted by Gasteiger charge is -2.44. The van der Waals surface area contributed by atoms with Crippen molar-refractivity contribution in [1.82, 2.24) is 25.3 Å². The van der Waals surface area contributed by atoms with Gasteiger partial charge >= 0.3 is 0 Å². The average Bonchev–Trinajstić information content (AvgIpc) is 3.34. The summed E-state index contributed by atoms with van der Waals surface area (Å²) >= 11 is 0. The van der Waals surface area contributed by atoms with Crippen LogP contribution in [0.3, 0.4) is 0 Å². The lowest BCUT2D eigenvalue weighted by molar-refractivity contribution is 0.176. The van der Waals surface area contributed by atoms with Crippen molar-refractivity contribution < 1.29 is 9.15 Å². The van der Waals surface area contributed by atoms with E-state index in [2.05, 4.69) is 43.3 Å². The van der Waals surface area contributed by atoms with Crippen LogP contribution in [0.1, 0.15) is 41.8 Å². The fraction of sp³-hybridized carbons (Fsp3) is 0.667. The van der Waals surface area contributed by atoms with Gasteiger partial charge in [-0.1, -0.05) is 0 Å². The lowest BCUT2D eigenvalue weighted by Crippen LogP contribution is -2.58. The van der Waals surface area contributed by atoms with Crippen LogP contribution < -0.4 is 4.90 Å². The Bertz CT molecular complexity index is 782. The maximum atomic E-state index is 5.84. The molecule has 8 heteroatoms. The predicted octanol–water partition coefficient (Wildman–Crippen LogP) is 1.17. The van der Waals surface area contributed by atoms with Crippen molar-refractivity contribution in [2.75, 3.05) is 38.3 Å². The Hall–Kier alpha value is -2.06. The second-order valence-corrected chi connectivity index (χ2v) is 7.60. The van der Waals surface area contributed by atoms with E-state index in [0.29, 0.717) is 25.1 Å². The van der Waals surface area contributed by atoms with E-state index < -0.39 is 0 Å². The lowest BCUT2D eigenvalue weighted by atomic mass is 10.1. The molecule has 2 aromatic rings. The first-order valence-corrected chi connectivity index (χ1v) is 9.47. The van der Waals surface area contributed by atoms with Crippen molar-refractivity contribution in [2.45, 2.75) is 44.2 Å². The van der Waals surface area contributed by atoms with Gasteiger partial charge in [0.05, 0.1) is 24.8 Å². The molecule has 1 unspecified atom stereocenters. The van der Waals surface area contributed by atoms with Crippen LogP contribution in [0.2, 0.25) is 0 Å². The van der Waals surface area contributed by atoms with Crippen LogP contribution in [0, 0.1) is 0 Å². The molecular weight excluding hydrogens is 332 g/mol. The van der Waals surface area contributed by atoms with Gasteiger partial charge < -0.3 is 14.1 Å². The SMILES string of the molecule is CN(Cc1nnc(C2CCOC2)o1)C1CN(c2cc3c(nn2)CCC3)C1. The molecule has 0 radical (unpaired) electrons. The van der Waals surface area contributed by atoms with E-state index in [1.807, 2.05) is 0 Å². The van der Waals surface area contributed by atoms with Crippen LogP contribution in [-0.2, 0) is 24.1 Å². The Morgan fingerprint density at radius 1 is 1.19 bits per heavy atom. The zero-order valence-electron chi connectivity index (χ0n) is 15.1. The minimum Gasteiger partial charge on any atom is -0.423 e. The van der Waals surface area contributed by atoms with Crippen molar-refractivity contribution in [3.05, 3.63) is 29.1 Å². The van der Waals surface area contributed by atoms with Crippen LogP contribution in [0.5, 0.6) is 0 Å². The van der Waals surface area contributed by atoms with Crippen LogP contribution in [0.4, 0.5) is 5.82 Å². The number of hydrogen-bond acceptors (Lipinski definition) is 8. The molecule has 0 amide bonds. The van der Waals surface area contributed by atoms with Crippen molar-refractivity contribution >= 4 is 5.82 Å². The summed E-state index contributed by atoms with van der Waals surface area (Å²) in [7, 11) is 2.11. The number of likely N-dealkylation sites (N-methyl/N-ethyl adjacent to an activating group) is 1. The quantitative estimate of drug-likeness (QED) is 0.790. The average molecular weight is 356 g/mol.